The Labute approximate surface area is 128 Å². The van der Waals surface area contributed by atoms with Gasteiger partial charge in [0.25, 0.3) is 0 Å². The summed E-state index contributed by atoms with van der Waals surface area (Å²) in [5.74, 6) is 1.77. The van der Waals surface area contributed by atoms with Crippen molar-refractivity contribution in [3.05, 3.63) is 23.4 Å². The highest BCUT2D eigenvalue weighted by molar-refractivity contribution is 5.48. The number of rotatable bonds is 5. The summed E-state index contributed by atoms with van der Waals surface area (Å²) in [5, 5.41) is 3.47. The first kappa shape index (κ1) is 16.2. The van der Waals surface area contributed by atoms with E-state index in [4.69, 9.17) is 9.72 Å². The molecule has 118 valence electrons. The number of aryl methyl sites for hydroxylation is 1. The molecular formula is C17H29N3O. The Balaban J connectivity index is 2.02. The molecule has 0 amide bonds. The number of ether oxygens (including phenoxy) is 1. The molecule has 0 aromatic carbocycles. The lowest BCUT2D eigenvalue weighted by atomic mass is 10.1. The largest absolute Gasteiger partial charge is 0.372 e. The van der Waals surface area contributed by atoms with Crippen molar-refractivity contribution in [2.24, 2.45) is 5.92 Å². The van der Waals surface area contributed by atoms with E-state index in [-0.39, 0.29) is 5.60 Å². The molecule has 0 bridgehead atoms. The quantitative estimate of drug-likeness (QED) is 0.905. The maximum atomic E-state index is 5.78. The average molecular weight is 291 g/mol. The molecule has 0 atom stereocenters. The van der Waals surface area contributed by atoms with E-state index in [2.05, 4.69) is 50.9 Å². The Bertz CT molecular complexity index is 471. The Morgan fingerprint density at radius 2 is 2.19 bits per heavy atom. The maximum Gasteiger partial charge on any atom is 0.131 e. The van der Waals surface area contributed by atoms with Crippen LogP contribution in [0, 0.1) is 12.8 Å². The zero-order valence-electron chi connectivity index (χ0n) is 14.1. The Hall–Kier alpha value is -1.13. The number of nitrogens with one attached hydrogen (secondary N) is 1. The Kier molecular flexibility index (Phi) is 5.22. The molecule has 1 N–H and O–H groups in total. The number of hydrogen-bond acceptors (Lipinski definition) is 4. The number of aromatic nitrogens is 1. The standard InChI is InChI=1S/C17H29N3O/c1-13(2)9-18-10-15-8-14(3)16(19-11-15)20-6-7-21-17(4,5)12-20/h8,11,13,18H,6-7,9-10,12H2,1-5H3. The SMILES string of the molecule is Cc1cc(CNCC(C)C)cnc1N1CCOC(C)(C)C1. The topological polar surface area (TPSA) is 37.4 Å². The number of hydrogen-bond donors (Lipinski definition) is 1. The van der Waals surface area contributed by atoms with E-state index in [0.717, 1.165) is 38.6 Å². The van der Waals surface area contributed by atoms with Crippen LogP contribution < -0.4 is 10.2 Å². The fraction of sp³-hybridized carbons (Fsp3) is 0.706. The fourth-order valence-electron chi connectivity index (χ4n) is 2.76. The lowest BCUT2D eigenvalue weighted by Crippen LogP contribution is -2.48. The number of anilines is 1. The zero-order valence-corrected chi connectivity index (χ0v) is 14.1. The van der Waals surface area contributed by atoms with Crippen LogP contribution in [0.15, 0.2) is 12.3 Å². The summed E-state index contributed by atoms with van der Waals surface area (Å²) in [6.07, 6.45) is 2.00. The van der Waals surface area contributed by atoms with Crippen LogP contribution in [0.2, 0.25) is 0 Å². The minimum atomic E-state index is -0.0934. The normalized spacial score (nSPS) is 18.3. The van der Waals surface area contributed by atoms with Crippen molar-refractivity contribution in [3.8, 4) is 0 Å². The summed E-state index contributed by atoms with van der Waals surface area (Å²) in [7, 11) is 0. The van der Waals surface area contributed by atoms with Gasteiger partial charge in [-0.15, -0.1) is 0 Å². The molecular weight excluding hydrogens is 262 g/mol. The third kappa shape index (κ3) is 4.68. The second-order valence-corrected chi connectivity index (χ2v) is 7.04. The molecule has 4 nitrogen and oxygen atoms in total. The molecule has 1 aliphatic heterocycles. The predicted octanol–water partition coefficient (Wildman–Crippen LogP) is 2.75. The van der Waals surface area contributed by atoms with Gasteiger partial charge in [-0.2, -0.15) is 0 Å². The first-order valence-electron chi connectivity index (χ1n) is 7.92. The zero-order chi connectivity index (χ0) is 15.5. The van der Waals surface area contributed by atoms with Gasteiger partial charge in [0.2, 0.25) is 0 Å². The molecule has 2 rings (SSSR count). The van der Waals surface area contributed by atoms with Gasteiger partial charge in [0, 0.05) is 25.8 Å². The lowest BCUT2D eigenvalue weighted by Gasteiger charge is -2.39. The van der Waals surface area contributed by atoms with Crippen LogP contribution >= 0.6 is 0 Å². The number of morpholine rings is 1. The summed E-state index contributed by atoms with van der Waals surface area (Å²) in [4.78, 5) is 7.03. The first-order valence-corrected chi connectivity index (χ1v) is 7.92. The van der Waals surface area contributed by atoms with Gasteiger partial charge in [0.15, 0.2) is 0 Å². The van der Waals surface area contributed by atoms with E-state index in [0.29, 0.717) is 5.92 Å². The number of pyridine rings is 1. The highest BCUT2D eigenvalue weighted by atomic mass is 16.5. The van der Waals surface area contributed by atoms with E-state index in [1.165, 1.54) is 11.1 Å². The Morgan fingerprint density at radius 3 is 2.81 bits per heavy atom. The van der Waals surface area contributed by atoms with Crippen LogP contribution in [-0.2, 0) is 11.3 Å². The van der Waals surface area contributed by atoms with E-state index < -0.39 is 0 Å². The molecule has 1 fully saturated rings. The van der Waals surface area contributed by atoms with Gasteiger partial charge in [0.1, 0.15) is 5.82 Å². The fourth-order valence-corrected chi connectivity index (χ4v) is 2.76. The molecule has 1 saturated heterocycles. The van der Waals surface area contributed by atoms with Gasteiger partial charge < -0.3 is 15.0 Å². The minimum absolute atomic E-state index is 0.0934. The van der Waals surface area contributed by atoms with Crippen LogP contribution in [0.25, 0.3) is 0 Å². The van der Waals surface area contributed by atoms with Gasteiger partial charge in [-0.1, -0.05) is 13.8 Å². The van der Waals surface area contributed by atoms with Crippen LogP contribution in [0.5, 0.6) is 0 Å². The molecule has 0 unspecified atom stereocenters. The predicted molar refractivity (Wildman–Crippen MR) is 87.8 cm³/mol. The molecule has 1 aromatic heterocycles. The number of nitrogens with zero attached hydrogens (tertiary/aromatic N) is 2. The Morgan fingerprint density at radius 1 is 1.43 bits per heavy atom. The van der Waals surface area contributed by atoms with Crippen molar-refractivity contribution in [1.29, 1.82) is 0 Å². The van der Waals surface area contributed by atoms with Crippen LogP contribution in [0.1, 0.15) is 38.8 Å². The molecule has 4 heteroatoms. The van der Waals surface area contributed by atoms with Crippen molar-refractivity contribution in [3.63, 3.8) is 0 Å². The lowest BCUT2D eigenvalue weighted by molar-refractivity contribution is -0.0279. The van der Waals surface area contributed by atoms with E-state index >= 15 is 0 Å². The van der Waals surface area contributed by atoms with Gasteiger partial charge in [-0.05, 0) is 50.4 Å². The highest BCUT2D eigenvalue weighted by Crippen LogP contribution is 2.24. The van der Waals surface area contributed by atoms with Gasteiger partial charge in [-0.3, -0.25) is 0 Å². The van der Waals surface area contributed by atoms with Crippen molar-refractivity contribution < 1.29 is 4.74 Å². The molecule has 0 aliphatic carbocycles. The molecule has 21 heavy (non-hydrogen) atoms. The third-order valence-corrected chi connectivity index (χ3v) is 3.71. The molecule has 2 heterocycles. The summed E-state index contributed by atoms with van der Waals surface area (Å²) in [6, 6.07) is 2.25. The monoisotopic (exact) mass is 291 g/mol. The van der Waals surface area contributed by atoms with Crippen molar-refractivity contribution in [2.45, 2.75) is 46.8 Å². The van der Waals surface area contributed by atoms with E-state index in [9.17, 15) is 0 Å². The highest BCUT2D eigenvalue weighted by Gasteiger charge is 2.28. The maximum absolute atomic E-state index is 5.78. The van der Waals surface area contributed by atoms with Crippen LogP contribution in [0.4, 0.5) is 5.82 Å². The second kappa shape index (κ2) is 6.75. The summed E-state index contributed by atoms with van der Waals surface area (Å²) in [5.41, 5.74) is 2.41. The molecule has 0 saturated carbocycles. The van der Waals surface area contributed by atoms with Gasteiger partial charge in [0.05, 0.1) is 12.2 Å². The molecule has 1 aromatic rings. The smallest absolute Gasteiger partial charge is 0.131 e. The molecule has 0 spiro atoms. The average Bonchev–Trinajstić information content (AvgIpc) is 2.37. The van der Waals surface area contributed by atoms with Gasteiger partial charge in [-0.25, -0.2) is 4.98 Å². The second-order valence-electron chi connectivity index (χ2n) is 7.04. The first-order chi connectivity index (χ1) is 9.87. The third-order valence-electron chi connectivity index (χ3n) is 3.71. The molecule has 0 radical (unpaired) electrons. The van der Waals surface area contributed by atoms with Crippen LogP contribution in [-0.4, -0.2) is 36.8 Å². The minimum Gasteiger partial charge on any atom is -0.372 e. The van der Waals surface area contributed by atoms with Crippen molar-refractivity contribution in [1.82, 2.24) is 10.3 Å². The summed E-state index contributed by atoms with van der Waals surface area (Å²) >= 11 is 0. The summed E-state index contributed by atoms with van der Waals surface area (Å²) in [6.45, 7) is 15.4. The van der Waals surface area contributed by atoms with Crippen molar-refractivity contribution >= 4 is 5.82 Å². The summed E-state index contributed by atoms with van der Waals surface area (Å²) < 4.78 is 5.78. The van der Waals surface area contributed by atoms with E-state index in [1.54, 1.807) is 0 Å². The van der Waals surface area contributed by atoms with Gasteiger partial charge >= 0.3 is 0 Å². The van der Waals surface area contributed by atoms with Crippen LogP contribution in [0.3, 0.4) is 0 Å². The molecule has 1 aliphatic rings. The van der Waals surface area contributed by atoms with E-state index in [1.807, 2.05) is 6.20 Å². The van der Waals surface area contributed by atoms with Crippen molar-refractivity contribution in [2.75, 3.05) is 31.1 Å².